The normalized spacial score (nSPS) is 19.0. The minimum atomic E-state index is 0.122. The highest BCUT2D eigenvalue weighted by molar-refractivity contribution is 5.40. The largest absolute Gasteiger partial charge is 0.497 e. The molecule has 2 atom stereocenters. The highest BCUT2D eigenvalue weighted by Gasteiger charge is 2.29. The molecule has 0 spiro atoms. The zero-order valence-corrected chi connectivity index (χ0v) is 14.2. The number of anilines is 1. The van der Waals surface area contributed by atoms with Gasteiger partial charge in [0, 0.05) is 0 Å². The summed E-state index contributed by atoms with van der Waals surface area (Å²) in [4.78, 5) is 4.37. The number of nitrogens with zero attached hydrogens (tertiary/aromatic N) is 3. The third-order valence-electron chi connectivity index (χ3n) is 4.65. The first-order valence-corrected chi connectivity index (χ1v) is 8.22. The summed E-state index contributed by atoms with van der Waals surface area (Å²) in [5.41, 5.74) is 2.39. The second-order valence-corrected chi connectivity index (χ2v) is 6.02. The molecule has 1 aromatic heterocycles. The number of methoxy groups -OCH3 is 2. The van der Waals surface area contributed by atoms with Crippen LogP contribution in [0.5, 0.6) is 11.5 Å². The molecule has 6 nitrogen and oxygen atoms in total. The highest BCUT2D eigenvalue weighted by Crippen LogP contribution is 2.37. The zero-order chi connectivity index (χ0) is 17.2. The molecular formula is C19H20N4O2. The van der Waals surface area contributed by atoms with E-state index in [-0.39, 0.29) is 12.1 Å². The molecular weight excluding hydrogens is 316 g/mol. The Morgan fingerprint density at radius 2 is 1.52 bits per heavy atom. The summed E-state index contributed by atoms with van der Waals surface area (Å²) >= 11 is 0. The molecule has 1 aliphatic rings. The Labute approximate surface area is 146 Å². The predicted molar refractivity (Wildman–Crippen MR) is 95.1 cm³/mol. The summed E-state index contributed by atoms with van der Waals surface area (Å²) in [5.74, 6) is 2.49. The van der Waals surface area contributed by atoms with Gasteiger partial charge in [0.1, 0.15) is 17.8 Å². The molecule has 2 heterocycles. The monoisotopic (exact) mass is 336 g/mol. The standard InChI is InChI=1S/C19H20N4O2/c1-24-15-7-3-13(4-8-15)17-11-18(23-19(22-17)20-12-21-23)14-5-9-16(25-2)10-6-14/h3-10,12,17-18H,11H2,1-2H3,(H,20,21,22). The molecule has 0 saturated heterocycles. The summed E-state index contributed by atoms with van der Waals surface area (Å²) in [5, 5.41) is 7.88. The molecule has 25 heavy (non-hydrogen) atoms. The van der Waals surface area contributed by atoms with Crippen LogP contribution < -0.4 is 14.8 Å². The van der Waals surface area contributed by atoms with Crippen LogP contribution in [0.4, 0.5) is 5.95 Å². The van der Waals surface area contributed by atoms with Gasteiger partial charge in [-0.2, -0.15) is 10.1 Å². The molecule has 0 bridgehead atoms. The van der Waals surface area contributed by atoms with Gasteiger partial charge in [0.15, 0.2) is 0 Å². The molecule has 6 heteroatoms. The summed E-state index contributed by atoms with van der Waals surface area (Å²) in [6.45, 7) is 0. The lowest BCUT2D eigenvalue weighted by Crippen LogP contribution is -2.28. The Morgan fingerprint density at radius 1 is 0.920 bits per heavy atom. The van der Waals surface area contributed by atoms with E-state index in [9.17, 15) is 0 Å². The van der Waals surface area contributed by atoms with Crippen molar-refractivity contribution in [3.63, 3.8) is 0 Å². The maximum atomic E-state index is 5.26. The van der Waals surface area contributed by atoms with Crippen LogP contribution in [0, 0.1) is 0 Å². The van der Waals surface area contributed by atoms with Crippen molar-refractivity contribution in [3.8, 4) is 11.5 Å². The van der Waals surface area contributed by atoms with E-state index in [1.54, 1.807) is 20.5 Å². The molecule has 0 saturated carbocycles. The molecule has 1 aliphatic heterocycles. The van der Waals surface area contributed by atoms with Crippen molar-refractivity contribution < 1.29 is 9.47 Å². The first-order chi connectivity index (χ1) is 12.3. The first-order valence-electron chi connectivity index (χ1n) is 8.22. The molecule has 2 unspecified atom stereocenters. The van der Waals surface area contributed by atoms with Gasteiger partial charge in [-0.1, -0.05) is 24.3 Å². The fraction of sp³-hybridized carbons (Fsp3) is 0.263. The van der Waals surface area contributed by atoms with Crippen LogP contribution >= 0.6 is 0 Å². The number of benzene rings is 2. The van der Waals surface area contributed by atoms with Crippen molar-refractivity contribution in [1.82, 2.24) is 14.8 Å². The van der Waals surface area contributed by atoms with Crippen LogP contribution in [-0.4, -0.2) is 29.0 Å². The molecule has 128 valence electrons. The Balaban J connectivity index is 1.66. The van der Waals surface area contributed by atoms with Gasteiger partial charge < -0.3 is 14.8 Å². The lowest BCUT2D eigenvalue weighted by Gasteiger charge is -2.32. The smallest absolute Gasteiger partial charge is 0.222 e. The van der Waals surface area contributed by atoms with Gasteiger partial charge in [-0.3, -0.25) is 0 Å². The van der Waals surface area contributed by atoms with Gasteiger partial charge in [0.05, 0.1) is 26.3 Å². The Bertz CT molecular complexity index is 843. The van der Waals surface area contributed by atoms with Crippen molar-refractivity contribution in [2.75, 3.05) is 19.5 Å². The minimum absolute atomic E-state index is 0.122. The van der Waals surface area contributed by atoms with E-state index in [0.29, 0.717) is 0 Å². The molecule has 3 aromatic rings. The number of hydrogen-bond acceptors (Lipinski definition) is 5. The predicted octanol–water partition coefficient (Wildman–Crippen LogP) is 3.44. The summed E-state index contributed by atoms with van der Waals surface area (Å²) in [6, 6.07) is 16.6. The maximum absolute atomic E-state index is 5.26. The van der Waals surface area contributed by atoms with Crippen LogP contribution in [0.1, 0.15) is 29.6 Å². The quantitative estimate of drug-likeness (QED) is 0.791. The van der Waals surface area contributed by atoms with E-state index in [1.807, 2.05) is 28.9 Å². The number of aromatic nitrogens is 3. The lowest BCUT2D eigenvalue weighted by molar-refractivity contribution is 0.410. The second kappa shape index (κ2) is 6.47. The Kier molecular flexibility index (Phi) is 4.01. The molecule has 0 radical (unpaired) electrons. The van der Waals surface area contributed by atoms with E-state index in [0.717, 1.165) is 23.9 Å². The van der Waals surface area contributed by atoms with Gasteiger partial charge in [-0.15, -0.1) is 0 Å². The Morgan fingerprint density at radius 3 is 2.12 bits per heavy atom. The van der Waals surface area contributed by atoms with Crippen molar-refractivity contribution >= 4 is 5.95 Å². The van der Waals surface area contributed by atoms with Gasteiger partial charge in [-0.05, 0) is 41.8 Å². The average molecular weight is 336 g/mol. The molecule has 2 aromatic carbocycles. The van der Waals surface area contributed by atoms with Crippen molar-refractivity contribution in [2.24, 2.45) is 0 Å². The number of rotatable bonds is 4. The Hall–Kier alpha value is -3.02. The first kappa shape index (κ1) is 15.5. The highest BCUT2D eigenvalue weighted by atomic mass is 16.5. The van der Waals surface area contributed by atoms with E-state index >= 15 is 0 Å². The van der Waals surface area contributed by atoms with E-state index in [2.05, 4.69) is 39.7 Å². The fourth-order valence-electron chi connectivity index (χ4n) is 3.28. The van der Waals surface area contributed by atoms with Crippen molar-refractivity contribution in [2.45, 2.75) is 18.5 Å². The molecule has 0 fully saturated rings. The molecule has 0 aliphatic carbocycles. The van der Waals surface area contributed by atoms with Crippen LogP contribution in [0.2, 0.25) is 0 Å². The summed E-state index contributed by atoms with van der Waals surface area (Å²) in [7, 11) is 3.35. The second-order valence-electron chi connectivity index (χ2n) is 6.02. The van der Waals surface area contributed by atoms with Gasteiger partial charge >= 0.3 is 0 Å². The van der Waals surface area contributed by atoms with Crippen LogP contribution in [-0.2, 0) is 0 Å². The van der Waals surface area contributed by atoms with Gasteiger partial charge in [0.25, 0.3) is 0 Å². The summed E-state index contributed by atoms with van der Waals surface area (Å²) in [6.07, 6.45) is 2.48. The molecule has 0 amide bonds. The minimum Gasteiger partial charge on any atom is -0.497 e. The van der Waals surface area contributed by atoms with Crippen LogP contribution in [0.25, 0.3) is 0 Å². The van der Waals surface area contributed by atoms with E-state index < -0.39 is 0 Å². The van der Waals surface area contributed by atoms with Crippen molar-refractivity contribution in [3.05, 3.63) is 66.0 Å². The van der Waals surface area contributed by atoms with Gasteiger partial charge in [-0.25, -0.2) is 4.68 Å². The maximum Gasteiger partial charge on any atom is 0.222 e. The number of nitrogens with one attached hydrogen (secondary N) is 1. The van der Waals surface area contributed by atoms with Crippen molar-refractivity contribution in [1.29, 1.82) is 0 Å². The van der Waals surface area contributed by atoms with Crippen LogP contribution in [0.3, 0.4) is 0 Å². The zero-order valence-electron chi connectivity index (χ0n) is 14.2. The number of ether oxygens (including phenoxy) is 2. The number of hydrogen-bond donors (Lipinski definition) is 1. The van der Waals surface area contributed by atoms with Gasteiger partial charge in [0.2, 0.25) is 5.95 Å². The SMILES string of the molecule is COc1ccc(C2CC(c3ccc(OC)cc3)n3ncnc3N2)cc1. The van der Waals surface area contributed by atoms with Crippen LogP contribution in [0.15, 0.2) is 54.9 Å². The van der Waals surface area contributed by atoms with E-state index in [4.69, 9.17) is 9.47 Å². The third kappa shape index (κ3) is 2.91. The lowest BCUT2D eigenvalue weighted by atomic mass is 9.93. The third-order valence-corrected chi connectivity index (χ3v) is 4.65. The average Bonchev–Trinajstić information content (AvgIpc) is 3.16. The molecule has 1 N–H and O–H groups in total. The van der Waals surface area contributed by atoms with E-state index in [1.165, 1.54) is 11.1 Å². The molecule has 4 rings (SSSR count). The topological polar surface area (TPSA) is 61.2 Å². The number of fused-ring (bicyclic) bond motifs is 1. The summed E-state index contributed by atoms with van der Waals surface area (Å²) < 4.78 is 12.5. The fourth-order valence-corrected chi connectivity index (χ4v) is 3.28.